The van der Waals surface area contributed by atoms with E-state index in [0.29, 0.717) is 6.54 Å². The average molecular weight is 261 g/mol. The second-order valence-electron chi connectivity index (χ2n) is 4.77. The minimum atomic E-state index is -0.847. The van der Waals surface area contributed by atoms with E-state index in [4.69, 9.17) is 10.8 Å². The number of aromatic nitrogens is 1. The molecule has 2 rings (SSSR count). The van der Waals surface area contributed by atoms with Crippen molar-refractivity contribution in [3.8, 4) is 0 Å². The summed E-state index contributed by atoms with van der Waals surface area (Å²) >= 11 is 0. The fraction of sp³-hybridized carbons (Fsp3) is 0.357. The van der Waals surface area contributed by atoms with Crippen LogP contribution in [-0.2, 0) is 18.4 Å². The molecule has 0 aliphatic rings. The van der Waals surface area contributed by atoms with Crippen LogP contribution in [0.2, 0.25) is 0 Å². The predicted molar refractivity (Wildman–Crippen MR) is 74.5 cm³/mol. The molecule has 1 atom stereocenters. The van der Waals surface area contributed by atoms with E-state index in [1.54, 1.807) is 11.9 Å². The Morgan fingerprint density at radius 3 is 2.84 bits per heavy atom. The first-order valence-corrected chi connectivity index (χ1v) is 6.19. The quantitative estimate of drug-likeness (QED) is 0.839. The molecule has 5 heteroatoms. The molecule has 19 heavy (non-hydrogen) atoms. The van der Waals surface area contributed by atoms with E-state index in [0.717, 1.165) is 16.5 Å². The van der Waals surface area contributed by atoms with E-state index >= 15 is 0 Å². The summed E-state index contributed by atoms with van der Waals surface area (Å²) in [6, 6.07) is 7.20. The van der Waals surface area contributed by atoms with Crippen molar-refractivity contribution in [3.63, 3.8) is 0 Å². The van der Waals surface area contributed by atoms with E-state index in [2.05, 4.69) is 0 Å². The zero-order valence-electron chi connectivity index (χ0n) is 11.2. The number of aryl methyl sites for hydroxylation is 1. The molecule has 0 fully saturated rings. The van der Waals surface area contributed by atoms with Gasteiger partial charge < -0.3 is 20.3 Å². The summed E-state index contributed by atoms with van der Waals surface area (Å²) in [5.41, 5.74) is 7.74. The minimum absolute atomic E-state index is 0.254. The van der Waals surface area contributed by atoms with Crippen molar-refractivity contribution in [2.24, 2.45) is 12.8 Å². The van der Waals surface area contributed by atoms with Crippen molar-refractivity contribution in [2.75, 3.05) is 13.7 Å². The van der Waals surface area contributed by atoms with Crippen LogP contribution < -0.4 is 5.73 Å². The molecule has 0 spiro atoms. The van der Waals surface area contributed by atoms with Gasteiger partial charge in [-0.3, -0.25) is 4.79 Å². The van der Waals surface area contributed by atoms with Crippen molar-refractivity contribution in [1.29, 1.82) is 0 Å². The molecule has 0 bridgehead atoms. The summed E-state index contributed by atoms with van der Waals surface area (Å²) < 4.78 is 2.04. The first kappa shape index (κ1) is 13.6. The summed E-state index contributed by atoms with van der Waals surface area (Å²) in [6.07, 6.45) is 2.01. The normalized spacial score (nSPS) is 12.6. The predicted octanol–water partition coefficient (Wildman–Crippen LogP) is 0.456. The van der Waals surface area contributed by atoms with E-state index < -0.39 is 6.04 Å². The number of hydrogen-bond acceptors (Lipinski definition) is 3. The first-order valence-electron chi connectivity index (χ1n) is 6.19. The van der Waals surface area contributed by atoms with Crippen LogP contribution in [0.25, 0.3) is 10.9 Å². The van der Waals surface area contributed by atoms with Crippen LogP contribution in [0.15, 0.2) is 30.5 Å². The molecule has 1 aromatic heterocycles. The highest BCUT2D eigenvalue weighted by Crippen LogP contribution is 2.21. The fourth-order valence-corrected chi connectivity index (χ4v) is 2.25. The van der Waals surface area contributed by atoms with Gasteiger partial charge in [0, 0.05) is 37.7 Å². The summed E-state index contributed by atoms with van der Waals surface area (Å²) in [6.45, 7) is 0.145. The lowest BCUT2D eigenvalue weighted by atomic mass is 10.1. The summed E-state index contributed by atoms with van der Waals surface area (Å²) in [5, 5.41) is 10.0. The third kappa shape index (κ3) is 2.62. The highest BCUT2D eigenvalue weighted by Gasteiger charge is 2.18. The van der Waals surface area contributed by atoms with Gasteiger partial charge in [0.15, 0.2) is 0 Å². The van der Waals surface area contributed by atoms with Crippen LogP contribution >= 0.6 is 0 Å². The Hall–Kier alpha value is -1.85. The molecule has 1 unspecified atom stereocenters. The van der Waals surface area contributed by atoms with Crippen molar-refractivity contribution < 1.29 is 9.90 Å². The molecule has 2 aromatic rings. The lowest BCUT2D eigenvalue weighted by Gasteiger charge is -2.19. The molecular weight excluding hydrogens is 242 g/mol. The number of aliphatic hydroxyl groups is 1. The molecular formula is C14H19N3O2. The monoisotopic (exact) mass is 261 g/mol. The maximum absolute atomic E-state index is 11.9. The van der Waals surface area contributed by atoms with Crippen LogP contribution in [0.5, 0.6) is 0 Å². The second-order valence-corrected chi connectivity index (χ2v) is 4.77. The number of nitrogens with two attached hydrogens (primary N) is 1. The Bertz CT molecular complexity index is 591. The van der Waals surface area contributed by atoms with Crippen LogP contribution in [0, 0.1) is 0 Å². The Balaban J connectivity index is 2.24. The van der Waals surface area contributed by atoms with Crippen LogP contribution in [0.1, 0.15) is 5.56 Å². The van der Waals surface area contributed by atoms with Crippen molar-refractivity contribution in [1.82, 2.24) is 9.47 Å². The van der Waals surface area contributed by atoms with Gasteiger partial charge in [0.2, 0.25) is 5.91 Å². The molecule has 0 aliphatic heterocycles. The number of hydrogen-bond donors (Lipinski definition) is 2. The average Bonchev–Trinajstić information content (AvgIpc) is 2.74. The molecule has 0 saturated heterocycles. The molecule has 1 heterocycles. The maximum atomic E-state index is 11.9. The third-order valence-electron chi connectivity index (χ3n) is 3.28. The first-order chi connectivity index (χ1) is 9.04. The van der Waals surface area contributed by atoms with Gasteiger partial charge >= 0.3 is 0 Å². The van der Waals surface area contributed by atoms with Crippen LogP contribution in [-0.4, -0.2) is 40.2 Å². The van der Waals surface area contributed by atoms with Gasteiger partial charge in [-0.05, 0) is 11.6 Å². The number of benzene rings is 1. The van der Waals surface area contributed by atoms with Crippen molar-refractivity contribution in [2.45, 2.75) is 12.6 Å². The number of nitrogens with zero attached hydrogens (tertiary/aromatic N) is 2. The van der Waals surface area contributed by atoms with E-state index in [1.807, 2.05) is 42.1 Å². The van der Waals surface area contributed by atoms with Gasteiger partial charge in [0.1, 0.15) is 6.04 Å². The van der Waals surface area contributed by atoms with Gasteiger partial charge in [-0.1, -0.05) is 18.2 Å². The Labute approximate surface area is 112 Å². The molecule has 102 valence electrons. The number of para-hydroxylation sites is 1. The molecule has 1 aromatic carbocycles. The number of fused-ring (bicyclic) bond motifs is 1. The summed E-state index contributed by atoms with van der Waals surface area (Å²) in [5.74, 6) is -0.254. The number of likely N-dealkylation sites (N-methyl/N-ethyl adjacent to an activating group) is 1. The van der Waals surface area contributed by atoms with E-state index in [-0.39, 0.29) is 12.5 Å². The molecule has 1 amide bonds. The smallest absolute Gasteiger partial charge is 0.241 e. The molecule has 0 aliphatic carbocycles. The van der Waals surface area contributed by atoms with Crippen LogP contribution in [0.3, 0.4) is 0 Å². The van der Waals surface area contributed by atoms with Gasteiger partial charge in [-0.2, -0.15) is 0 Å². The maximum Gasteiger partial charge on any atom is 0.241 e. The SMILES string of the molecule is CN(Cc1cn(C)c2ccccc12)C(=O)C(N)CO. The van der Waals surface area contributed by atoms with Gasteiger partial charge in [-0.15, -0.1) is 0 Å². The zero-order chi connectivity index (χ0) is 14.0. The number of aliphatic hydroxyl groups excluding tert-OH is 1. The van der Waals surface area contributed by atoms with Gasteiger partial charge in [0.05, 0.1) is 6.61 Å². The Morgan fingerprint density at radius 1 is 1.47 bits per heavy atom. The molecule has 0 saturated carbocycles. The molecule has 0 radical (unpaired) electrons. The topological polar surface area (TPSA) is 71.5 Å². The number of rotatable bonds is 4. The lowest BCUT2D eigenvalue weighted by molar-refractivity contribution is -0.132. The second kappa shape index (κ2) is 5.42. The van der Waals surface area contributed by atoms with Crippen molar-refractivity contribution in [3.05, 3.63) is 36.0 Å². The molecule has 5 nitrogen and oxygen atoms in total. The summed E-state index contributed by atoms with van der Waals surface area (Å²) in [7, 11) is 3.67. The number of carbonyl (C=O) groups is 1. The third-order valence-corrected chi connectivity index (χ3v) is 3.28. The van der Waals surface area contributed by atoms with Crippen LogP contribution in [0.4, 0.5) is 0 Å². The van der Waals surface area contributed by atoms with E-state index in [9.17, 15) is 4.79 Å². The van der Waals surface area contributed by atoms with E-state index in [1.165, 1.54) is 0 Å². The summed E-state index contributed by atoms with van der Waals surface area (Å²) in [4.78, 5) is 13.4. The largest absolute Gasteiger partial charge is 0.394 e. The Kier molecular flexibility index (Phi) is 3.87. The number of carbonyl (C=O) groups excluding carboxylic acids is 1. The standard InChI is InChI=1S/C14H19N3O2/c1-16-7-10(11-5-3-4-6-13(11)16)8-17(2)14(19)12(15)9-18/h3-7,12,18H,8-9,15H2,1-2H3. The van der Waals surface area contributed by atoms with Gasteiger partial charge in [0.25, 0.3) is 0 Å². The minimum Gasteiger partial charge on any atom is -0.394 e. The fourth-order valence-electron chi connectivity index (χ4n) is 2.25. The zero-order valence-corrected chi connectivity index (χ0v) is 11.2. The Morgan fingerprint density at radius 2 is 2.16 bits per heavy atom. The highest BCUT2D eigenvalue weighted by molar-refractivity contribution is 5.85. The van der Waals surface area contributed by atoms with Gasteiger partial charge in [-0.25, -0.2) is 0 Å². The van der Waals surface area contributed by atoms with Crippen molar-refractivity contribution >= 4 is 16.8 Å². The number of amides is 1. The molecule has 3 N–H and O–H groups in total. The highest BCUT2D eigenvalue weighted by atomic mass is 16.3. The lowest BCUT2D eigenvalue weighted by Crippen LogP contribution is -2.43.